The fraction of sp³-hybridized carbons (Fsp3) is 0.278. The van der Waals surface area contributed by atoms with Crippen LogP contribution < -0.4 is 10.3 Å². The molecule has 0 atom stereocenters. The first-order chi connectivity index (χ1) is 12.6. The number of rotatable bonds is 3. The third-order valence-electron chi connectivity index (χ3n) is 4.75. The van der Waals surface area contributed by atoms with E-state index in [2.05, 4.69) is 5.10 Å². The number of carbonyl (C=O) groups is 1. The quantitative estimate of drug-likeness (QED) is 0.771. The Morgan fingerprint density at radius 3 is 2.73 bits per heavy atom. The molecule has 1 amide bonds. The van der Waals surface area contributed by atoms with E-state index in [1.165, 1.54) is 4.90 Å². The van der Waals surface area contributed by atoms with Gasteiger partial charge in [0.05, 0.1) is 32.1 Å². The van der Waals surface area contributed by atoms with E-state index in [-0.39, 0.29) is 12.1 Å². The van der Waals surface area contributed by atoms with Crippen LogP contribution in [0.15, 0.2) is 41.3 Å². The molecular formula is C18H18N4O4. The summed E-state index contributed by atoms with van der Waals surface area (Å²) in [6.07, 6.45) is 1.02. The average Bonchev–Trinajstić information content (AvgIpc) is 3.15. The molecule has 0 saturated carbocycles. The molecule has 1 aliphatic heterocycles. The first-order valence-electron chi connectivity index (χ1n) is 8.27. The Labute approximate surface area is 148 Å². The van der Waals surface area contributed by atoms with Crippen molar-refractivity contribution in [3.05, 3.63) is 63.7 Å². The van der Waals surface area contributed by atoms with Crippen molar-refractivity contribution in [1.29, 1.82) is 0 Å². The summed E-state index contributed by atoms with van der Waals surface area (Å²) in [6.45, 7) is 0.891. The minimum Gasteiger partial charge on any atom is -0.497 e. The lowest BCUT2D eigenvalue weighted by Gasteiger charge is -2.27. The van der Waals surface area contributed by atoms with Crippen molar-refractivity contribution < 1.29 is 14.6 Å². The normalized spacial score (nSPS) is 13.7. The predicted molar refractivity (Wildman–Crippen MR) is 93.7 cm³/mol. The van der Waals surface area contributed by atoms with Gasteiger partial charge < -0.3 is 14.7 Å². The number of hydrogen-bond acceptors (Lipinski definition) is 4. The molecule has 1 aromatic carbocycles. The molecule has 0 spiro atoms. The Kier molecular flexibility index (Phi) is 3.87. The van der Waals surface area contributed by atoms with E-state index in [0.717, 1.165) is 11.3 Å². The Balaban J connectivity index is 1.80. The van der Waals surface area contributed by atoms with E-state index < -0.39 is 6.09 Å². The van der Waals surface area contributed by atoms with Crippen LogP contribution >= 0.6 is 0 Å². The lowest BCUT2D eigenvalue weighted by atomic mass is 10.1. The largest absolute Gasteiger partial charge is 0.497 e. The first kappa shape index (κ1) is 16.2. The first-order valence-corrected chi connectivity index (χ1v) is 8.27. The van der Waals surface area contributed by atoms with Gasteiger partial charge >= 0.3 is 6.09 Å². The van der Waals surface area contributed by atoms with E-state index in [0.29, 0.717) is 36.4 Å². The summed E-state index contributed by atoms with van der Waals surface area (Å²) in [5, 5.41) is 13.6. The summed E-state index contributed by atoms with van der Waals surface area (Å²) >= 11 is 0. The van der Waals surface area contributed by atoms with Crippen LogP contribution in [0.25, 0.3) is 5.65 Å². The molecule has 0 fully saturated rings. The number of ether oxygens (including phenoxy) is 1. The maximum absolute atomic E-state index is 13.1. The fourth-order valence-electron chi connectivity index (χ4n) is 3.38. The lowest BCUT2D eigenvalue weighted by molar-refractivity contribution is 0.138. The molecule has 0 saturated heterocycles. The molecule has 26 heavy (non-hydrogen) atoms. The molecule has 0 unspecified atom stereocenters. The number of carboxylic acid groups (broad SMARTS) is 1. The van der Waals surface area contributed by atoms with Gasteiger partial charge in [-0.1, -0.05) is 12.1 Å². The number of fused-ring (bicyclic) bond motifs is 3. The molecule has 0 bridgehead atoms. The van der Waals surface area contributed by atoms with Gasteiger partial charge in [-0.25, -0.2) is 9.31 Å². The van der Waals surface area contributed by atoms with E-state index in [4.69, 9.17) is 4.74 Å². The van der Waals surface area contributed by atoms with E-state index in [1.54, 1.807) is 28.5 Å². The van der Waals surface area contributed by atoms with Crippen molar-refractivity contribution in [1.82, 2.24) is 19.1 Å². The summed E-state index contributed by atoms with van der Waals surface area (Å²) in [7, 11) is 1.61. The van der Waals surface area contributed by atoms with Crippen LogP contribution in [0.2, 0.25) is 0 Å². The summed E-state index contributed by atoms with van der Waals surface area (Å²) < 4.78 is 8.53. The second kappa shape index (κ2) is 6.21. The molecule has 8 nitrogen and oxygen atoms in total. The molecule has 0 radical (unpaired) electrons. The third-order valence-corrected chi connectivity index (χ3v) is 4.75. The SMILES string of the molecule is COc1ccc(Cn2c(=O)c3c(n4nccc24)CN(C(=O)O)CC3)cc1. The molecule has 4 rings (SSSR count). The summed E-state index contributed by atoms with van der Waals surface area (Å²) in [5.41, 5.74) is 2.81. The van der Waals surface area contributed by atoms with Gasteiger partial charge in [0.25, 0.3) is 5.56 Å². The smallest absolute Gasteiger partial charge is 0.407 e. The highest BCUT2D eigenvalue weighted by atomic mass is 16.5. The molecule has 1 aliphatic rings. The zero-order valence-corrected chi connectivity index (χ0v) is 14.3. The van der Waals surface area contributed by atoms with Crippen molar-refractivity contribution in [2.24, 2.45) is 0 Å². The van der Waals surface area contributed by atoms with Crippen molar-refractivity contribution in [2.45, 2.75) is 19.5 Å². The standard InChI is InChI=1S/C18H18N4O4/c1-26-13-4-2-12(3-5-13)10-21-16-6-8-19-22(16)15-11-20(18(24)25)9-7-14(15)17(21)23/h2-6,8H,7,9-11H2,1H3,(H,24,25). The average molecular weight is 354 g/mol. The van der Waals surface area contributed by atoms with Crippen LogP contribution in [0.3, 0.4) is 0 Å². The van der Waals surface area contributed by atoms with E-state index in [9.17, 15) is 14.7 Å². The number of hydrogen-bond donors (Lipinski definition) is 1. The second-order valence-electron chi connectivity index (χ2n) is 6.22. The third kappa shape index (κ3) is 2.59. The lowest BCUT2D eigenvalue weighted by Crippen LogP contribution is -2.40. The molecule has 3 heterocycles. The van der Waals surface area contributed by atoms with Crippen LogP contribution in [0.4, 0.5) is 4.79 Å². The van der Waals surface area contributed by atoms with E-state index >= 15 is 0 Å². The summed E-state index contributed by atoms with van der Waals surface area (Å²) in [4.78, 5) is 25.6. The summed E-state index contributed by atoms with van der Waals surface area (Å²) in [6, 6.07) is 9.33. The maximum Gasteiger partial charge on any atom is 0.407 e. The van der Waals surface area contributed by atoms with Crippen molar-refractivity contribution in [2.75, 3.05) is 13.7 Å². The molecule has 8 heteroatoms. The van der Waals surface area contributed by atoms with Gasteiger partial charge in [0.1, 0.15) is 11.4 Å². The van der Waals surface area contributed by atoms with Crippen LogP contribution in [0, 0.1) is 0 Å². The van der Waals surface area contributed by atoms with Gasteiger partial charge in [0.15, 0.2) is 0 Å². The Bertz CT molecular complexity index is 1040. The van der Waals surface area contributed by atoms with Gasteiger partial charge in [-0.05, 0) is 24.1 Å². The van der Waals surface area contributed by atoms with Gasteiger partial charge in [0, 0.05) is 18.2 Å². The monoisotopic (exact) mass is 354 g/mol. The topological polar surface area (TPSA) is 89.1 Å². The summed E-state index contributed by atoms with van der Waals surface area (Å²) in [5.74, 6) is 0.759. The van der Waals surface area contributed by atoms with Crippen molar-refractivity contribution >= 4 is 11.7 Å². The highest BCUT2D eigenvalue weighted by Gasteiger charge is 2.26. The van der Waals surface area contributed by atoms with Gasteiger partial charge in [0.2, 0.25) is 0 Å². The van der Waals surface area contributed by atoms with Crippen LogP contribution in [-0.4, -0.2) is 43.9 Å². The number of aromatic nitrogens is 3. The van der Waals surface area contributed by atoms with Crippen molar-refractivity contribution in [3.63, 3.8) is 0 Å². The minimum absolute atomic E-state index is 0.0890. The zero-order chi connectivity index (χ0) is 18.3. The fourth-order valence-corrected chi connectivity index (χ4v) is 3.38. The predicted octanol–water partition coefficient (Wildman–Crippen LogP) is 1.59. The van der Waals surface area contributed by atoms with Gasteiger partial charge in [-0.3, -0.25) is 9.36 Å². The second-order valence-corrected chi connectivity index (χ2v) is 6.22. The van der Waals surface area contributed by atoms with Gasteiger partial charge in [-0.2, -0.15) is 5.10 Å². The van der Waals surface area contributed by atoms with Crippen molar-refractivity contribution in [3.8, 4) is 5.75 Å². The Hall–Kier alpha value is -3.29. The molecule has 0 aliphatic carbocycles. The number of benzene rings is 1. The van der Waals surface area contributed by atoms with Crippen LogP contribution in [0.5, 0.6) is 5.75 Å². The van der Waals surface area contributed by atoms with Crippen LogP contribution in [-0.2, 0) is 19.5 Å². The number of nitrogens with zero attached hydrogens (tertiary/aromatic N) is 4. The Morgan fingerprint density at radius 2 is 2.04 bits per heavy atom. The number of methoxy groups -OCH3 is 1. The van der Waals surface area contributed by atoms with Crippen LogP contribution in [0.1, 0.15) is 16.8 Å². The number of amides is 1. The molecule has 1 N–H and O–H groups in total. The Morgan fingerprint density at radius 1 is 1.27 bits per heavy atom. The minimum atomic E-state index is -0.988. The highest BCUT2D eigenvalue weighted by molar-refractivity contribution is 5.65. The molecule has 3 aromatic rings. The zero-order valence-electron chi connectivity index (χ0n) is 14.3. The molecule has 2 aromatic heterocycles. The highest BCUT2D eigenvalue weighted by Crippen LogP contribution is 2.19. The maximum atomic E-state index is 13.1. The molecular weight excluding hydrogens is 336 g/mol. The van der Waals surface area contributed by atoms with Gasteiger partial charge in [-0.15, -0.1) is 0 Å². The van der Waals surface area contributed by atoms with E-state index in [1.807, 2.05) is 24.3 Å². The molecule has 134 valence electrons.